The molecule has 2 unspecified atom stereocenters. The average molecular weight is 522 g/mol. The van der Waals surface area contributed by atoms with Gasteiger partial charge in [0.1, 0.15) is 5.76 Å². The third-order valence-electron chi connectivity index (χ3n) is 4.62. The van der Waals surface area contributed by atoms with Gasteiger partial charge in [-0.1, -0.05) is 6.92 Å². The number of piperidine rings is 1. The van der Waals surface area contributed by atoms with E-state index in [2.05, 4.69) is 53.8 Å². The van der Waals surface area contributed by atoms with Crippen LogP contribution in [0.25, 0.3) is 0 Å². The number of aliphatic imine (C=N–C) groups is 1. The van der Waals surface area contributed by atoms with Gasteiger partial charge in [0.05, 0.1) is 12.4 Å². The molecular formula is C17H25BrIN5O. The molecule has 1 aliphatic rings. The molecule has 0 aliphatic carbocycles. The highest BCUT2D eigenvalue weighted by Crippen LogP contribution is 2.27. The molecule has 0 saturated carbocycles. The van der Waals surface area contributed by atoms with Crippen LogP contribution >= 0.6 is 39.9 Å². The van der Waals surface area contributed by atoms with Gasteiger partial charge < -0.3 is 19.2 Å². The van der Waals surface area contributed by atoms with Crippen LogP contribution in [0.2, 0.25) is 0 Å². The lowest BCUT2D eigenvalue weighted by molar-refractivity contribution is 0.189. The third-order valence-corrected chi connectivity index (χ3v) is 5.05. The second kappa shape index (κ2) is 9.61. The lowest BCUT2D eigenvalue weighted by atomic mass is 9.93. The lowest BCUT2D eigenvalue weighted by Gasteiger charge is -2.39. The van der Waals surface area contributed by atoms with Crippen LogP contribution in [0.1, 0.15) is 25.1 Å². The molecule has 0 amide bonds. The number of rotatable bonds is 4. The first-order valence-corrected chi connectivity index (χ1v) is 9.14. The molecule has 1 aliphatic heterocycles. The Bertz CT molecular complexity index is 672. The highest BCUT2D eigenvalue weighted by Gasteiger charge is 2.28. The fraction of sp³-hybridized carbons (Fsp3) is 0.529. The SMILES string of the molecule is CN=C(NCCc1ccc(Br)o1)N1CCC(C)C(n2ccnc2)C1.I. The van der Waals surface area contributed by atoms with Crippen molar-refractivity contribution in [3.8, 4) is 0 Å². The summed E-state index contributed by atoms with van der Waals surface area (Å²) in [5.41, 5.74) is 0. The van der Waals surface area contributed by atoms with Crippen molar-refractivity contribution in [1.29, 1.82) is 0 Å². The second-order valence-electron chi connectivity index (χ2n) is 6.22. The number of hydrogen-bond acceptors (Lipinski definition) is 3. The summed E-state index contributed by atoms with van der Waals surface area (Å²) in [4.78, 5) is 11.0. The molecule has 2 atom stereocenters. The number of likely N-dealkylation sites (tertiary alicyclic amines) is 1. The zero-order valence-corrected chi connectivity index (χ0v) is 18.5. The first kappa shape index (κ1) is 20.3. The van der Waals surface area contributed by atoms with Gasteiger partial charge in [0.2, 0.25) is 0 Å². The van der Waals surface area contributed by atoms with Crippen molar-refractivity contribution in [2.24, 2.45) is 10.9 Å². The van der Waals surface area contributed by atoms with E-state index in [1.807, 2.05) is 31.7 Å². The van der Waals surface area contributed by atoms with Crippen LogP contribution in [0.15, 0.2) is 44.9 Å². The normalized spacial score (nSPS) is 21.1. The first-order chi connectivity index (χ1) is 11.7. The fourth-order valence-electron chi connectivity index (χ4n) is 3.21. The van der Waals surface area contributed by atoms with Crippen LogP contribution < -0.4 is 5.32 Å². The van der Waals surface area contributed by atoms with Gasteiger partial charge in [0.15, 0.2) is 10.6 Å². The molecule has 8 heteroatoms. The molecule has 1 saturated heterocycles. The highest BCUT2D eigenvalue weighted by atomic mass is 127. The highest BCUT2D eigenvalue weighted by molar-refractivity contribution is 14.0. The summed E-state index contributed by atoms with van der Waals surface area (Å²) < 4.78 is 8.52. The van der Waals surface area contributed by atoms with Crippen LogP contribution in [-0.4, -0.2) is 47.1 Å². The average Bonchev–Trinajstić information content (AvgIpc) is 3.24. The van der Waals surface area contributed by atoms with Gasteiger partial charge in [-0.05, 0) is 40.4 Å². The smallest absolute Gasteiger partial charge is 0.193 e. The Morgan fingerprint density at radius 3 is 2.96 bits per heavy atom. The van der Waals surface area contributed by atoms with Gasteiger partial charge in [-0.25, -0.2) is 4.98 Å². The molecule has 1 fully saturated rings. The number of guanidine groups is 1. The molecule has 6 nitrogen and oxygen atoms in total. The summed E-state index contributed by atoms with van der Waals surface area (Å²) in [6, 6.07) is 4.35. The molecule has 2 aromatic heterocycles. The van der Waals surface area contributed by atoms with Gasteiger partial charge >= 0.3 is 0 Å². The van der Waals surface area contributed by atoms with Gasteiger partial charge in [-0.15, -0.1) is 24.0 Å². The molecule has 3 heterocycles. The summed E-state index contributed by atoms with van der Waals surface area (Å²) in [5.74, 6) is 2.56. The van der Waals surface area contributed by atoms with Crippen molar-refractivity contribution in [1.82, 2.24) is 19.8 Å². The van der Waals surface area contributed by atoms with Crippen molar-refractivity contribution >= 4 is 45.9 Å². The predicted molar refractivity (Wildman–Crippen MR) is 114 cm³/mol. The monoisotopic (exact) mass is 521 g/mol. The Kier molecular flexibility index (Phi) is 7.80. The number of imidazole rings is 1. The summed E-state index contributed by atoms with van der Waals surface area (Å²) >= 11 is 3.33. The minimum absolute atomic E-state index is 0. The van der Waals surface area contributed by atoms with E-state index in [4.69, 9.17) is 4.42 Å². The molecule has 0 spiro atoms. The second-order valence-corrected chi connectivity index (χ2v) is 7.00. The number of furan rings is 1. The van der Waals surface area contributed by atoms with Gasteiger partial charge in [0.25, 0.3) is 0 Å². The maximum absolute atomic E-state index is 5.54. The van der Waals surface area contributed by atoms with E-state index in [1.165, 1.54) is 0 Å². The van der Waals surface area contributed by atoms with E-state index in [1.54, 1.807) is 0 Å². The molecule has 138 valence electrons. The number of hydrogen-bond donors (Lipinski definition) is 1. The molecular weight excluding hydrogens is 497 g/mol. The van der Waals surface area contributed by atoms with E-state index in [0.29, 0.717) is 12.0 Å². The third kappa shape index (κ3) is 5.22. The molecule has 0 aromatic carbocycles. The molecule has 25 heavy (non-hydrogen) atoms. The summed E-state index contributed by atoms with van der Waals surface area (Å²) in [5, 5.41) is 3.45. The summed E-state index contributed by atoms with van der Waals surface area (Å²) in [6.07, 6.45) is 7.79. The van der Waals surface area contributed by atoms with Crippen LogP contribution in [-0.2, 0) is 6.42 Å². The maximum atomic E-state index is 5.54. The Hall–Kier alpha value is -1.03. The van der Waals surface area contributed by atoms with E-state index in [9.17, 15) is 0 Å². The molecule has 2 aromatic rings. The standard InChI is InChI=1S/C17H24BrN5O.HI/c1-13-6-9-22(11-15(13)23-10-8-20-12-23)17(19-2)21-7-5-14-3-4-16(18)24-14;/h3-4,8,10,12-13,15H,5-7,9,11H2,1-2H3,(H,19,21);1H. The summed E-state index contributed by atoms with van der Waals surface area (Å²) in [7, 11) is 1.84. The van der Waals surface area contributed by atoms with Crippen molar-refractivity contribution in [2.75, 3.05) is 26.7 Å². The summed E-state index contributed by atoms with van der Waals surface area (Å²) in [6.45, 7) is 5.09. The minimum Gasteiger partial charge on any atom is -0.454 e. The Balaban J connectivity index is 0.00000225. The van der Waals surface area contributed by atoms with E-state index >= 15 is 0 Å². The Labute approximate surface area is 174 Å². The zero-order valence-electron chi connectivity index (χ0n) is 14.6. The van der Waals surface area contributed by atoms with Crippen LogP contribution in [0.5, 0.6) is 0 Å². The number of aromatic nitrogens is 2. The van der Waals surface area contributed by atoms with Crippen molar-refractivity contribution in [3.63, 3.8) is 0 Å². The lowest BCUT2D eigenvalue weighted by Crippen LogP contribution is -2.49. The molecule has 0 radical (unpaired) electrons. The zero-order chi connectivity index (χ0) is 16.9. The number of nitrogens with one attached hydrogen (secondary N) is 1. The molecule has 1 N–H and O–H groups in total. The Morgan fingerprint density at radius 2 is 2.32 bits per heavy atom. The topological polar surface area (TPSA) is 58.6 Å². The van der Waals surface area contributed by atoms with Crippen molar-refractivity contribution < 1.29 is 4.42 Å². The Morgan fingerprint density at radius 1 is 1.48 bits per heavy atom. The van der Waals surface area contributed by atoms with E-state index < -0.39 is 0 Å². The van der Waals surface area contributed by atoms with Gasteiger partial charge in [-0.2, -0.15) is 0 Å². The number of nitrogens with zero attached hydrogens (tertiary/aromatic N) is 4. The van der Waals surface area contributed by atoms with Crippen LogP contribution in [0.4, 0.5) is 0 Å². The van der Waals surface area contributed by atoms with Crippen molar-refractivity contribution in [3.05, 3.63) is 41.3 Å². The van der Waals surface area contributed by atoms with Crippen LogP contribution in [0.3, 0.4) is 0 Å². The maximum Gasteiger partial charge on any atom is 0.193 e. The minimum atomic E-state index is 0. The van der Waals surface area contributed by atoms with E-state index in [-0.39, 0.29) is 24.0 Å². The van der Waals surface area contributed by atoms with Crippen molar-refractivity contribution in [2.45, 2.75) is 25.8 Å². The molecule has 3 rings (SSSR count). The van der Waals surface area contributed by atoms with Gasteiger partial charge in [0, 0.05) is 45.5 Å². The van der Waals surface area contributed by atoms with Crippen LogP contribution in [0, 0.1) is 5.92 Å². The van der Waals surface area contributed by atoms with Gasteiger partial charge in [-0.3, -0.25) is 4.99 Å². The fourth-order valence-corrected chi connectivity index (χ4v) is 3.55. The molecule has 0 bridgehead atoms. The predicted octanol–water partition coefficient (Wildman–Crippen LogP) is 3.56. The first-order valence-electron chi connectivity index (χ1n) is 8.34. The largest absolute Gasteiger partial charge is 0.454 e. The van der Waals surface area contributed by atoms with E-state index in [0.717, 1.165) is 48.9 Å². The number of halogens is 2. The quantitative estimate of drug-likeness (QED) is 0.379.